The van der Waals surface area contributed by atoms with Gasteiger partial charge in [0.25, 0.3) is 0 Å². The van der Waals surface area contributed by atoms with Gasteiger partial charge >= 0.3 is 0 Å². The van der Waals surface area contributed by atoms with Crippen LogP contribution in [0.1, 0.15) is 0 Å². The molecule has 0 bridgehead atoms. The van der Waals surface area contributed by atoms with Gasteiger partial charge in [-0.1, -0.05) is 0 Å². The highest BCUT2D eigenvalue weighted by Gasteiger charge is 1.48. The fourth-order valence-corrected chi connectivity index (χ4v) is 0. The zero-order valence-corrected chi connectivity index (χ0v) is 3.96. The molecule has 0 unspecified atom stereocenters. The Morgan fingerprint density at radius 1 is 1.60 bits per heavy atom. The van der Waals surface area contributed by atoms with E-state index in [4.69, 9.17) is 0 Å². The molecule has 0 aromatic rings. The van der Waals surface area contributed by atoms with Gasteiger partial charge in [-0.2, -0.15) is 8.42 Å². The van der Waals surface area contributed by atoms with E-state index < -0.39 is 10.3 Å². The molecular formula is CH2O2S2. The smallest absolute Gasteiger partial charge is 0.184 e. The summed E-state index contributed by atoms with van der Waals surface area (Å²) in [6.45, 7) is 0. The van der Waals surface area contributed by atoms with E-state index in [0.717, 1.165) is 4.70 Å². The first-order valence-corrected chi connectivity index (χ1v) is 2.48. The zero-order chi connectivity index (χ0) is 4.28. The minimum Gasteiger partial charge on any atom is -0.184 e. The molecule has 0 radical (unpaired) electrons. The van der Waals surface area contributed by atoms with E-state index >= 15 is 0 Å². The molecule has 0 aliphatic rings. The van der Waals surface area contributed by atoms with E-state index in [-0.39, 0.29) is 0 Å². The Morgan fingerprint density at radius 2 is 1.80 bits per heavy atom. The van der Waals surface area contributed by atoms with Crippen LogP contribution in [-0.4, -0.2) is 13.1 Å². The van der Waals surface area contributed by atoms with Crippen LogP contribution in [0.2, 0.25) is 0 Å². The van der Waals surface area contributed by atoms with Crippen molar-refractivity contribution in [2.75, 3.05) is 0 Å². The van der Waals surface area contributed by atoms with Crippen molar-refractivity contribution in [1.29, 1.82) is 0 Å². The van der Waals surface area contributed by atoms with Gasteiger partial charge in [-0.15, -0.1) is 12.6 Å². The normalized spacial score (nSPS) is 6.60. The molecule has 0 aromatic heterocycles. The third-order valence-corrected chi connectivity index (χ3v) is 0.775. The second kappa shape index (κ2) is 2.29. The average molecular weight is 110 g/mol. The molecule has 0 saturated heterocycles. The molecule has 5 heavy (non-hydrogen) atoms. The molecule has 0 saturated carbocycles. The molecule has 0 rings (SSSR count). The minimum atomic E-state index is -2.08. The van der Waals surface area contributed by atoms with Crippen molar-refractivity contribution >= 4 is 27.6 Å². The highest BCUT2D eigenvalue weighted by atomic mass is 32.2. The largest absolute Gasteiger partial charge is 0.220 e. The van der Waals surface area contributed by atoms with Crippen LogP contribution in [0, 0.1) is 0 Å². The molecule has 0 spiro atoms. The van der Waals surface area contributed by atoms with Gasteiger partial charge < -0.3 is 0 Å². The summed E-state index contributed by atoms with van der Waals surface area (Å²) in [5, 5.41) is 0. The van der Waals surface area contributed by atoms with E-state index in [1.165, 1.54) is 0 Å². The van der Waals surface area contributed by atoms with Crippen LogP contribution in [0.15, 0.2) is 0 Å². The lowest BCUT2D eigenvalue weighted by molar-refractivity contribution is 0.627. The third kappa shape index (κ3) is 4.04. The first-order valence-electron chi connectivity index (χ1n) is 0.827. The van der Waals surface area contributed by atoms with E-state index in [2.05, 4.69) is 12.6 Å². The van der Waals surface area contributed by atoms with Gasteiger partial charge in [0.2, 0.25) is 10.3 Å². The van der Waals surface area contributed by atoms with Crippen molar-refractivity contribution in [3.63, 3.8) is 0 Å². The van der Waals surface area contributed by atoms with E-state index in [0.29, 0.717) is 0 Å². The second-order valence-electron chi connectivity index (χ2n) is 0.366. The number of hydrogen-bond donors (Lipinski definition) is 1. The van der Waals surface area contributed by atoms with Gasteiger partial charge in [-0.05, 0) is 0 Å². The number of rotatable bonds is 0. The Morgan fingerprint density at radius 3 is 1.80 bits per heavy atom. The lowest BCUT2D eigenvalue weighted by atomic mass is 11.9. The zero-order valence-electron chi connectivity index (χ0n) is 2.25. The molecule has 0 N–H and O–H groups in total. The van der Waals surface area contributed by atoms with E-state index in [1.807, 2.05) is 0 Å². The topological polar surface area (TPSA) is 34.1 Å². The van der Waals surface area contributed by atoms with Crippen LogP contribution in [0.3, 0.4) is 0 Å². The summed E-state index contributed by atoms with van der Waals surface area (Å²) in [6.07, 6.45) is 0. The number of hydrogen-bond acceptors (Lipinski definition) is 2. The van der Waals surface area contributed by atoms with Crippen LogP contribution in [-0.2, 0) is 10.3 Å². The fourth-order valence-electron chi connectivity index (χ4n) is 0. The first-order chi connectivity index (χ1) is 2.27. The summed E-state index contributed by atoms with van der Waals surface area (Å²) < 4.78 is 19.2. The van der Waals surface area contributed by atoms with Crippen molar-refractivity contribution in [2.45, 2.75) is 0 Å². The summed E-state index contributed by atoms with van der Waals surface area (Å²) in [5.41, 5.74) is 0. The van der Waals surface area contributed by atoms with Crippen molar-refractivity contribution in [2.24, 2.45) is 0 Å². The molecule has 0 heterocycles. The van der Waals surface area contributed by atoms with E-state index in [1.54, 1.807) is 0 Å². The summed E-state index contributed by atoms with van der Waals surface area (Å²) in [7, 11) is -2.08. The highest BCUT2D eigenvalue weighted by Crippen LogP contribution is 1.48. The molecule has 0 aromatic carbocycles. The predicted octanol–water partition coefficient (Wildman–Crippen LogP) is -0.445. The van der Waals surface area contributed by atoms with Crippen molar-refractivity contribution in [3.8, 4) is 0 Å². The van der Waals surface area contributed by atoms with Gasteiger partial charge in [0.15, 0.2) is 0 Å². The number of thiol groups is 1. The molecule has 0 atom stereocenters. The molecular weight excluding hydrogens is 108 g/mol. The van der Waals surface area contributed by atoms with Gasteiger partial charge in [0.1, 0.15) is 0 Å². The molecule has 4 heteroatoms. The van der Waals surface area contributed by atoms with Gasteiger partial charge in [-0.3, -0.25) is 0 Å². The van der Waals surface area contributed by atoms with Crippen molar-refractivity contribution in [3.05, 3.63) is 0 Å². The lowest BCUT2D eigenvalue weighted by Gasteiger charge is -1.38. The van der Waals surface area contributed by atoms with Gasteiger partial charge in [0, 0.05) is 0 Å². The maximum Gasteiger partial charge on any atom is 0.220 e. The quantitative estimate of drug-likeness (QED) is 0.338. The maximum atomic E-state index is 9.24. The van der Waals surface area contributed by atoms with Crippen molar-refractivity contribution in [1.82, 2.24) is 0 Å². The lowest BCUT2D eigenvalue weighted by Crippen LogP contribution is -1.51. The Labute approximate surface area is 36.8 Å². The fraction of sp³-hybridized carbons (Fsp3) is 0. The van der Waals surface area contributed by atoms with Crippen molar-refractivity contribution < 1.29 is 8.42 Å². The minimum absolute atomic E-state index is 0.778. The summed E-state index contributed by atoms with van der Waals surface area (Å²) >= 11 is 3.28. The SMILES string of the molecule is O=S(=O)=CS. The van der Waals surface area contributed by atoms with Crippen LogP contribution in [0.4, 0.5) is 0 Å². The molecule has 0 aliphatic heterocycles. The molecule has 2 nitrogen and oxygen atoms in total. The van der Waals surface area contributed by atoms with Crippen LogP contribution in [0.5, 0.6) is 0 Å². The Kier molecular flexibility index (Phi) is 2.31. The summed E-state index contributed by atoms with van der Waals surface area (Å²) in [4.78, 5) is 0. The first kappa shape index (κ1) is 5.04. The van der Waals surface area contributed by atoms with Crippen LogP contribution >= 0.6 is 12.6 Å². The average Bonchev–Trinajstić information content (AvgIpc) is 1.38. The predicted molar refractivity (Wildman–Crippen MR) is 24.0 cm³/mol. The maximum absolute atomic E-state index is 9.24. The molecule has 0 fully saturated rings. The molecule has 30 valence electrons. The Bertz CT molecular complexity index is 111. The van der Waals surface area contributed by atoms with Gasteiger partial charge in [0.05, 0.1) is 4.70 Å². The third-order valence-electron chi connectivity index (χ3n) is 0.0861. The van der Waals surface area contributed by atoms with Crippen LogP contribution < -0.4 is 0 Å². The second-order valence-corrected chi connectivity index (χ2v) is 1.73. The monoisotopic (exact) mass is 110 g/mol. The van der Waals surface area contributed by atoms with E-state index in [9.17, 15) is 8.42 Å². The van der Waals surface area contributed by atoms with Crippen LogP contribution in [0.25, 0.3) is 0 Å². The molecule has 0 amide bonds. The standard InChI is InChI=1S/CH2O2S2/c2-5(3)1-4/h1,4H. The molecule has 0 aliphatic carbocycles. The summed E-state index contributed by atoms with van der Waals surface area (Å²) in [6, 6.07) is 0. The van der Waals surface area contributed by atoms with Gasteiger partial charge in [-0.25, -0.2) is 0 Å². The highest BCUT2D eigenvalue weighted by molar-refractivity contribution is 8.06. The summed E-state index contributed by atoms with van der Waals surface area (Å²) in [5.74, 6) is 0. The Balaban J connectivity index is 4.25. The Hall–Kier alpha value is 0.0400.